The van der Waals surface area contributed by atoms with E-state index in [9.17, 15) is 9.90 Å². The quantitative estimate of drug-likeness (QED) is 0.860. The molecule has 1 aliphatic carbocycles. The third-order valence-corrected chi connectivity index (χ3v) is 5.96. The Morgan fingerprint density at radius 3 is 2.75 bits per heavy atom. The van der Waals surface area contributed by atoms with E-state index in [2.05, 4.69) is 12.2 Å². The van der Waals surface area contributed by atoms with Gasteiger partial charge in [-0.2, -0.15) is 0 Å². The van der Waals surface area contributed by atoms with Crippen molar-refractivity contribution in [1.82, 2.24) is 4.90 Å². The summed E-state index contributed by atoms with van der Waals surface area (Å²) in [6, 6.07) is 4.09. The number of allylic oxidation sites excluding steroid dienone is 1. The normalized spacial score (nSPS) is 30.6. The average Bonchev–Trinajstić information content (AvgIpc) is 2.88. The Hall–Kier alpha value is -2.01. The standard InChI is InChI=1S/C19H23NO4/c1-23-16-9-12-6-8-20-18(22)13(11-21)14-5-3-4-7-19(14,20)15(12)10-17(16)24-2/h3,5,9-10,13-14,21H,4,6-8,11H2,1-2H3/t13-,14+,19+/m1/s1. The van der Waals surface area contributed by atoms with Gasteiger partial charge in [0.05, 0.1) is 32.3 Å². The number of rotatable bonds is 3. The minimum Gasteiger partial charge on any atom is -0.493 e. The number of ether oxygens (including phenoxy) is 2. The van der Waals surface area contributed by atoms with Crippen LogP contribution in [0.5, 0.6) is 11.5 Å². The topological polar surface area (TPSA) is 59.0 Å². The van der Waals surface area contributed by atoms with Crippen LogP contribution in [0.1, 0.15) is 24.0 Å². The smallest absolute Gasteiger partial charge is 0.229 e. The van der Waals surface area contributed by atoms with Crippen molar-refractivity contribution in [3.05, 3.63) is 35.4 Å². The Bertz CT molecular complexity index is 714. The van der Waals surface area contributed by atoms with Crippen molar-refractivity contribution in [2.24, 2.45) is 11.8 Å². The second-order valence-corrected chi connectivity index (χ2v) is 6.81. The predicted molar refractivity (Wildman–Crippen MR) is 89.1 cm³/mol. The Kier molecular flexibility index (Phi) is 3.57. The van der Waals surface area contributed by atoms with Crippen molar-refractivity contribution in [2.45, 2.75) is 24.8 Å². The Labute approximate surface area is 141 Å². The van der Waals surface area contributed by atoms with E-state index in [1.54, 1.807) is 14.2 Å². The van der Waals surface area contributed by atoms with Crippen LogP contribution in [0.3, 0.4) is 0 Å². The number of hydrogen-bond acceptors (Lipinski definition) is 4. The van der Waals surface area contributed by atoms with Crippen LogP contribution in [-0.4, -0.2) is 43.3 Å². The van der Waals surface area contributed by atoms with E-state index >= 15 is 0 Å². The number of nitrogens with zero attached hydrogens (tertiary/aromatic N) is 1. The van der Waals surface area contributed by atoms with E-state index in [1.165, 1.54) is 5.56 Å². The highest BCUT2D eigenvalue weighted by Gasteiger charge is 2.60. The summed E-state index contributed by atoms with van der Waals surface area (Å²) in [7, 11) is 3.28. The summed E-state index contributed by atoms with van der Waals surface area (Å²) in [5.74, 6) is 1.17. The molecule has 3 aliphatic rings. The fourth-order valence-electron chi connectivity index (χ4n) is 4.93. The maximum absolute atomic E-state index is 12.9. The van der Waals surface area contributed by atoms with Gasteiger partial charge >= 0.3 is 0 Å². The largest absolute Gasteiger partial charge is 0.493 e. The lowest BCUT2D eigenvalue weighted by Gasteiger charge is -2.48. The lowest BCUT2D eigenvalue weighted by molar-refractivity contribution is -0.135. The summed E-state index contributed by atoms with van der Waals surface area (Å²) in [4.78, 5) is 14.9. The van der Waals surface area contributed by atoms with Crippen LogP contribution in [0.4, 0.5) is 0 Å². The second kappa shape index (κ2) is 5.52. The number of hydrogen-bond donors (Lipinski definition) is 1. The zero-order chi connectivity index (χ0) is 16.9. The summed E-state index contributed by atoms with van der Waals surface area (Å²) in [6.07, 6.45) is 6.90. The number of fused-ring (bicyclic) bond motifs is 1. The highest BCUT2D eigenvalue weighted by molar-refractivity contribution is 5.85. The highest BCUT2D eigenvalue weighted by atomic mass is 16.5. The van der Waals surface area contributed by atoms with Crippen LogP contribution in [-0.2, 0) is 16.8 Å². The molecule has 1 spiro atoms. The SMILES string of the molecule is COc1cc2c(cc1OC)[C@]13CCC=C[C@H]1[C@@H](CO)C(=O)N3CC2. The number of aliphatic hydroxyl groups is 1. The van der Waals surface area contributed by atoms with Gasteiger partial charge in [-0.25, -0.2) is 0 Å². The van der Waals surface area contributed by atoms with Gasteiger partial charge in [0.15, 0.2) is 11.5 Å². The van der Waals surface area contributed by atoms with Crippen molar-refractivity contribution in [3.63, 3.8) is 0 Å². The molecule has 1 saturated heterocycles. The van der Waals surface area contributed by atoms with Crippen LogP contribution in [0.25, 0.3) is 0 Å². The first-order valence-corrected chi connectivity index (χ1v) is 8.51. The first kappa shape index (κ1) is 15.5. The molecule has 5 heteroatoms. The molecule has 24 heavy (non-hydrogen) atoms. The van der Waals surface area contributed by atoms with E-state index in [0.29, 0.717) is 12.3 Å². The lowest BCUT2D eigenvalue weighted by Crippen LogP contribution is -2.51. The zero-order valence-corrected chi connectivity index (χ0v) is 14.1. The number of aliphatic hydroxyl groups excluding tert-OH is 1. The molecule has 0 bridgehead atoms. The molecular weight excluding hydrogens is 306 g/mol. The van der Waals surface area contributed by atoms with Gasteiger partial charge in [-0.1, -0.05) is 12.2 Å². The van der Waals surface area contributed by atoms with Crippen LogP contribution in [0.2, 0.25) is 0 Å². The van der Waals surface area contributed by atoms with E-state index in [-0.39, 0.29) is 29.9 Å². The molecule has 2 heterocycles. The molecule has 0 aromatic heterocycles. The molecule has 2 aliphatic heterocycles. The monoisotopic (exact) mass is 329 g/mol. The number of methoxy groups -OCH3 is 2. The molecule has 1 amide bonds. The summed E-state index contributed by atoms with van der Waals surface area (Å²) in [6.45, 7) is 0.594. The van der Waals surface area contributed by atoms with Crippen LogP contribution < -0.4 is 9.47 Å². The molecule has 0 saturated carbocycles. The van der Waals surface area contributed by atoms with Gasteiger partial charge in [-0.15, -0.1) is 0 Å². The molecule has 0 radical (unpaired) electrons. The first-order chi connectivity index (χ1) is 11.7. The van der Waals surface area contributed by atoms with Gasteiger partial charge in [0, 0.05) is 12.5 Å². The maximum Gasteiger partial charge on any atom is 0.229 e. The Balaban J connectivity index is 1.94. The van der Waals surface area contributed by atoms with E-state index < -0.39 is 0 Å². The van der Waals surface area contributed by atoms with Gasteiger partial charge in [0.25, 0.3) is 0 Å². The van der Waals surface area contributed by atoms with Gasteiger partial charge in [0.2, 0.25) is 5.91 Å². The molecule has 1 aromatic carbocycles. The molecule has 1 fully saturated rings. The number of carbonyl (C=O) groups excluding carboxylic acids is 1. The van der Waals surface area contributed by atoms with Crippen LogP contribution >= 0.6 is 0 Å². The zero-order valence-electron chi connectivity index (χ0n) is 14.1. The predicted octanol–water partition coefficient (Wildman–Crippen LogP) is 1.87. The third-order valence-electron chi connectivity index (χ3n) is 5.96. The van der Waals surface area contributed by atoms with Crippen molar-refractivity contribution < 1.29 is 19.4 Å². The van der Waals surface area contributed by atoms with Crippen molar-refractivity contribution >= 4 is 5.91 Å². The average molecular weight is 329 g/mol. The molecule has 3 atom stereocenters. The van der Waals surface area contributed by atoms with E-state index in [4.69, 9.17) is 9.47 Å². The van der Waals surface area contributed by atoms with E-state index in [0.717, 1.165) is 30.6 Å². The molecular formula is C19H23NO4. The first-order valence-electron chi connectivity index (χ1n) is 8.51. The third kappa shape index (κ3) is 1.82. The van der Waals surface area contributed by atoms with Gasteiger partial charge in [-0.3, -0.25) is 4.79 Å². The van der Waals surface area contributed by atoms with E-state index in [1.807, 2.05) is 17.0 Å². The maximum atomic E-state index is 12.9. The highest BCUT2D eigenvalue weighted by Crippen LogP contribution is 2.56. The molecule has 4 rings (SSSR count). The summed E-state index contributed by atoms with van der Waals surface area (Å²) < 4.78 is 11.0. The molecule has 5 nitrogen and oxygen atoms in total. The van der Waals surface area contributed by atoms with Crippen molar-refractivity contribution in [2.75, 3.05) is 27.4 Å². The molecule has 1 aromatic rings. The fourth-order valence-corrected chi connectivity index (χ4v) is 4.93. The second-order valence-electron chi connectivity index (χ2n) is 6.81. The van der Waals surface area contributed by atoms with Gasteiger partial charge in [0.1, 0.15) is 0 Å². The van der Waals surface area contributed by atoms with Crippen molar-refractivity contribution in [3.8, 4) is 11.5 Å². The summed E-state index contributed by atoms with van der Waals surface area (Å²) in [5, 5.41) is 9.82. The lowest BCUT2D eigenvalue weighted by atomic mass is 9.67. The molecule has 128 valence electrons. The summed E-state index contributed by atoms with van der Waals surface area (Å²) >= 11 is 0. The number of benzene rings is 1. The number of amides is 1. The number of carbonyl (C=O) groups is 1. The molecule has 0 unspecified atom stereocenters. The summed E-state index contributed by atoms with van der Waals surface area (Å²) in [5.41, 5.74) is 2.02. The fraction of sp³-hybridized carbons (Fsp3) is 0.526. The van der Waals surface area contributed by atoms with Crippen molar-refractivity contribution in [1.29, 1.82) is 0 Å². The van der Waals surface area contributed by atoms with Crippen LogP contribution in [0.15, 0.2) is 24.3 Å². The minimum absolute atomic E-state index is 0.0147. The van der Waals surface area contributed by atoms with Gasteiger partial charge in [-0.05, 0) is 42.5 Å². The molecule has 1 N–H and O–H groups in total. The minimum atomic E-state index is -0.355. The Morgan fingerprint density at radius 1 is 1.29 bits per heavy atom. The van der Waals surface area contributed by atoms with Gasteiger partial charge < -0.3 is 19.5 Å². The Morgan fingerprint density at radius 2 is 2.04 bits per heavy atom. The van der Waals surface area contributed by atoms with Crippen LogP contribution in [0, 0.1) is 11.8 Å².